The van der Waals surface area contributed by atoms with Gasteiger partial charge in [0.1, 0.15) is 5.82 Å². The molecular weight excluding hydrogens is 334 g/mol. The lowest BCUT2D eigenvalue weighted by Crippen LogP contribution is -2.30. The van der Waals surface area contributed by atoms with Crippen LogP contribution < -0.4 is 0 Å². The van der Waals surface area contributed by atoms with E-state index >= 15 is 0 Å². The van der Waals surface area contributed by atoms with Crippen LogP contribution in [0.4, 0.5) is 0 Å². The molecule has 3 nitrogen and oxygen atoms in total. The summed E-state index contributed by atoms with van der Waals surface area (Å²) < 4.78 is 0. The first-order valence-electron chi connectivity index (χ1n) is 8.36. The van der Waals surface area contributed by atoms with Gasteiger partial charge in [-0.2, -0.15) is 11.3 Å². The Balaban J connectivity index is 1.45. The second-order valence-corrected chi connectivity index (χ2v) is 8.41. The molecule has 5 heteroatoms. The Kier molecular flexibility index (Phi) is 4.48. The van der Waals surface area contributed by atoms with Gasteiger partial charge >= 0.3 is 0 Å². The van der Waals surface area contributed by atoms with E-state index < -0.39 is 0 Å². The smallest absolute Gasteiger partial charge is 0.131 e. The molecule has 0 atom stereocenters. The van der Waals surface area contributed by atoms with Crippen LogP contribution in [0.3, 0.4) is 0 Å². The highest BCUT2D eigenvalue weighted by Gasteiger charge is 2.19. The van der Waals surface area contributed by atoms with Crippen LogP contribution in [0.1, 0.15) is 41.7 Å². The monoisotopic (exact) mass is 355 g/mol. The molecule has 1 aliphatic heterocycles. The van der Waals surface area contributed by atoms with Crippen molar-refractivity contribution in [1.29, 1.82) is 0 Å². The summed E-state index contributed by atoms with van der Waals surface area (Å²) in [7, 11) is 0. The highest BCUT2D eigenvalue weighted by atomic mass is 32.1. The second kappa shape index (κ2) is 6.75. The van der Waals surface area contributed by atoms with E-state index in [1.54, 1.807) is 11.3 Å². The van der Waals surface area contributed by atoms with Crippen molar-refractivity contribution in [2.24, 2.45) is 0 Å². The minimum atomic E-state index is 0.398. The molecule has 0 aliphatic carbocycles. The van der Waals surface area contributed by atoms with E-state index in [0.29, 0.717) is 5.92 Å². The van der Waals surface area contributed by atoms with E-state index in [0.717, 1.165) is 31.9 Å². The van der Waals surface area contributed by atoms with Crippen molar-refractivity contribution < 1.29 is 0 Å². The molecule has 0 spiro atoms. The zero-order valence-corrected chi connectivity index (χ0v) is 15.7. The minimum absolute atomic E-state index is 0.398. The third kappa shape index (κ3) is 3.29. The van der Waals surface area contributed by atoms with Crippen LogP contribution in [0.15, 0.2) is 34.5 Å². The van der Waals surface area contributed by atoms with Gasteiger partial charge in [0.05, 0.1) is 0 Å². The molecule has 0 saturated heterocycles. The van der Waals surface area contributed by atoms with Crippen molar-refractivity contribution in [2.75, 3.05) is 6.54 Å². The van der Waals surface area contributed by atoms with Gasteiger partial charge in [0.15, 0.2) is 0 Å². The third-order valence-corrected chi connectivity index (χ3v) is 6.04. The lowest BCUT2D eigenvalue weighted by molar-refractivity contribution is 0.244. The first-order chi connectivity index (χ1) is 11.7. The lowest BCUT2D eigenvalue weighted by atomic mass is 10.1. The van der Waals surface area contributed by atoms with Crippen molar-refractivity contribution in [1.82, 2.24) is 14.9 Å². The van der Waals surface area contributed by atoms with Gasteiger partial charge in [-0.3, -0.25) is 4.90 Å². The van der Waals surface area contributed by atoms with Crippen molar-refractivity contribution in [2.45, 2.75) is 39.3 Å². The maximum absolute atomic E-state index is 4.76. The van der Waals surface area contributed by atoms with Crippen LogP contribution in [0.25, 0.3) is 11.1 Å². The first-order valence-corrected chi connectivity index (χ1v) is 10.2. The molecule has 1 aliphatic rings. The lowest BCUT2D eigenvalue weighted by Gasteiger charge is -2.27. The van der Waals surface area contributed by atoms with Crippen molar-refractivity contribution in [3.05, 3.63) is 56.4 Å². The molecule has 0 radical (unpaired) electrons. The molecule has 4 heterocycles. The second-order valence-electron chi connectivity index (χ2n) is 6.63. The van der Waals surface area contributed by atoms with Crippen molar-refractivity contribution >= 4 is 22.7 Å². The molecule has 0 aromatic carbocycles. The summed E-state index contributed by atoms with van der Waals surface area (Å²) in [6.45, 7) is 7.35. The molecule has 0 saturated carbocycles. The van der Waals surface area contributed by atoms with Gasteiger partial charge in [0, 0.05) is 54.3 Å². The van der Waals surface area contributed by atoms with Crippen LogP contribution in [0.2, 0.25) is 0 Å². The van der Waals surface area contributed by atoms with Crippen molar-refractivity contribution in [3.63, 3.8) is 0 Å². The number of nitrogens with zero attached hydrogens (tertiary/aromatic N) is 3. The van der Waals surface area contributed by atoms with Gasteiger partial charge < -0.3 is 0 Å². The number of thiophene rings is 2. The van der Waals surface area contributed by atoms with E-state index in [2.05, 4.69) is 52.0 Å². The average Bonchev–Trinajstić information content (AvgIpc) is 3.25. The molecule has 0 bridgehead atoms. The molecule has 3 aromatic rings. The van der Waals surface area contributed by atoms with Gasteiger partial charge in [0.2, 0.25) is 0 Å². The van der Waals surface area contributed by atoms with Gasteiger partial charge in [-0.15, -0.1) is 11.3 Å². The first kappa shape index (κ1) is 15.9. The van der Waals surface area contributed by atoms with Crippen LogP contribution in [-0.2, 0) is 19.5 Å². The molecule has 124 valence electrons. The highest BCUT2D eigenvalue weighted by molar-refractivity contribution is 7.10. The van der Waals surface area contributed by atoms with Crippen LogP contribution in [0, 0.1) is 0 Å². The van der Waals surface area contributed by atoms with E-state index in [1.807, 2.05) is 17.5 Å². The standard InChI is InChI=1S/C19H21N3S2/c1-13(2)19-20-8-16-9-22(5-3-18(16)21-19)10-17-7-15(12-24-17)14-4-6-23-11-14/h4,6-8,11-13H,3,5,9-10H2,1-2H3. The molecular formula is C19H21N3S2. The molecule has 0 N–H and O–H groups in total. The fourth-order valence-electron chi connectivity index (χ4n) is 3.07. The fourth-order valence-corrected chi connectivity index (χ4v) is 4.67. The summed E-state index contributed by atoms with van der Waals surface area (Å²) in [5, 5.41) is 6.62. The largest absolute Gasteiger partial charge is 0.293 e. The number of rotatable bonds is 4. The normalized spacial score (nSPS) is 15.0. The van der Waals surface area contributed by atoms with Crippen LogP contribution >= 0.6 is 22.7 Å². The number of aromatic nitrogens is 2. The summed E-state index contributed by atoms with van der Waals surface area (Å²) in [4.78, 5) is 13.2. The summed E-state index contributed by atoms with van der Waals surface area (Å²) in [5.74, 6) is 1.37. The molecule has 0 fully saturated rings. The zero-order chi connectivity index (χ0) is 16.5. The Morgan fingerprint density at radius 3 is 2.96 bits per heavy atom. The van der Waals surface area contributed by atoms with Gasteiger partial charge in [-0.05, 0) is 39.4 Å². The Morgan fingerprint density at radius 1 is 1.25 bits per heavy atom. The third-order valence-electron chi connectivity index (χ3n) is 4.44. The fraction of sp³-hybridized carbons (Fsp3) is 0.368. The predicted octanol–water partition coefficient (Wildman–Crippen LogP) is 4.95. The minimum Gasteiger partial charge on any atom is -0.293 e. The number of hydrogen-bond donors (Lipinski definition) is 0. The molecule has 0 unspecified atom stereocenters. The van der Waals surface area contributed by atoms with Crippen LogP contribution in [-0.4, -0.2) is 21.4 Å². The topological polar surface area (TPSA) is 29.0 Å². The van der Waals surface area contributed by atoms with E-state index in [-0.39, 0.29) is 0 Å². The summed E-state index contributed by atoms with van der Waals surface area (Å²) in [6, 6.07) is 4.53. The maximum atomic E-state index is 4.76. The van der Waals surface area contributed by atoms with Gasteiger partial charge in [0.25, 0.3) is 0 Å². The van der Waals surface area contributed by atoms with Gasteiger partial charge in [-0.25, -0.2) is 9.97 Å². The number of hydrogen-bond acceptors (Lipinski definition) is 5. The summed E-state index contributed by atoms with van der Waals surface area (Å²) >= 11 is 3.62. The Morgan fingerprint density at radius 2 is 2.17 bits per heavy atom. The van der Waals surface area contributed by atoms with E-state index in [1.165, 1.54) is 27.3 Å². The van der Waals surface area contributed by atoms with E-state index in [4.69, 9.17) is 4.98 Å². The molecule has 4 rings (SSSR count). The van der Waals surface area contributed by atoms with Crippen LogP contribution in [0.5, 0.6) is 0 Å². The average molecular weight is 356 g/mol. The Labute approximate surface area is 151 Å². The summed E-state index contributed by atoms with van der Waals surface area (Å²) in [5.41, 5.74) is 5.22. The zero-order valence-electron chi connectivity index (χ0n) is 14.0. The SMILES string of the molecule is CC(C)c1ncc2c(n1)CCN(Cc1cc(-c3ccsc3)cs1)C2. The summed E-state index contributed by atoms with van der Waals surface area (Å²) in [6.07, 6.45) is 3.06. The van der Waals surface area contributed by atoms with Crippen molar-refractivity contribution in [3.8, 4) is 11.1 Å². The molecule has 0 amide bonds. The van der Waals surface area contributed by atoms with Gasteiger partial charge in [-0.1, -0.05) is 13.8 Å². The molecule has 3 aromatic heterocycles. The number of fused-ring (bicyclic) bond motifs is 1. The molecule has 24 heavy (non-hydrogen) atoms. The predicted molar refractivity (Wildman–Crippen MR) is 102 cm³/mol. The van der Waals surface area contributed by atoms with E-state index in [9.17, 15) is 0 Å². The Bertz CT molecular complexity index is 821. The quantitative estimate of drug-likeness (QED) is 0.663. The Hall–Kier alpha value is -1.56. The maximum Gasteiger partial charge on any atom is 0.131 e. The highest BCUT2D eigenvalue weighted by Crippen LogP contribution is 2.29.